The Balaban J connectivity index is 2.15. The van der Waals surface area contributed by atoms with Crippen LogP contribution in [0.2, 0.25) is 0 Å². The third kappa shape index (κ3) is 2.68. The molecule has 92 valence electrons. The molecule has 6 nitrogen and oxygen atoms in total. The minimum atomic E-state index is -0.0196. The van der Waals surface area contributed by atoms with E-state index in [2.05, 4.69) is 33.1 Å². The molecule has 0 aliphatic rings. The van der Waals surface area contributed by atoms with Gasteiger partial charge in [-0.2, -0.15) is 5.10 Å². The molecule has 0 aliphatic heterocycles. The number of hydrogen-bond donors (Lipinski definition) is 2. The zero-order valence-electron chi connectivity index (χ0n) is 9.92. The highest BCUT2D eigenvalue weighted by Gasteiger charge is 2.16. The van der Waals surface area contributed by atoms with Gasteiger partial charge in [-0.25, -0.2) is 0 Å². The van der Waals surface area contributed by atoms with Crippen molar-refractivity contribution in [3.05, 3.63) is 28.5 Å². The molecule has 1 atom stereocenters. The second-order valence-corrected chi connectivity index (χ2v) is 4.47. The summed E-state index contributed by atoms with van der Waals surface area (Å²) in [5.41, 5.74) is 5.87. The molecule has 0 spiro atoms. The fourth-order valence-corrected chi connectivity index (χ4v) is 2.22. The van der Waals surface area contributed by atoms with Gasteiger partial charge in [0.05, 0.1) is 17.4 Å². The van der Waals surface area contributed by atoms with Crippen LogP contribution in [-0.2, 0) is 19.9 Å². The number of nitrogens with two attached hydrogens (primary N) is 1. The second kappa shape index (κ2) is 5.35. The molecule has 2 heterocycles. The maximum Gasteiger partial charge on any atom is 0.0942 e. The van der Waals surface area contributed by atoms with Crippen molar-refractivity contribution >= 4 is 11.5 Å². The van der Waals surface area contributed by atoms with Gasteiger partial charge in [0.25, 0.3) is 0 Å². The van der Waals surface area contributed by atoms with Gasteiger partial charge in [0.1, 0.15) is 0 Å². The van der Waals surface area contributed by atoms with E-state index in [-0.39, 0.29) is 6.04 Å². The van der Waals surface area contributed by atoms with Crippen LogP contribution >= 0.6 is 11.5 Å². The van der Waals surface area contributed by atoms with Crippen LogP contribution in [0.15, 0.2) is 11.4 Å². The van der Waals surface area contributed by atoms with Crippen molar-refractivity contribution in [1.29, 1.82) is 0 Å². The average molecular weight is 252 g/mol. The summed E-state index contributed by atoms with van der Waals surface area (Å²) in [5.74, 6) is 5.56. The Morgan fingerprint density at radius 2 is 2.41 bits per heavy atom. The van der Waals surface area contributed by atoms with E-state index < -0.39 is 0 Å². The van der Waals surface area contributed by atoms with Crippen LogP contribution in [0.1, 0.15) is 30.0 Å². The lowest BCUT2D eigenvalue weighted by Gasteiger charge is -2.12. The number of aryl methyl sites for hydroxylation is 2. The van der Waals surface area contributed by atoms with Gasteiger partial charge in [-0.1, -0.05) is 11.4 Å². The van der Waals surface area contributed by atoms with Crippen LogP contribution in [0.5, 0.6) is 0 Å². The molecule has 0 saturated carbocycles. The Morgan fingerprint density at radius 1 is 1.59 bits per heavy atom. The third-order valence-corrected chi connectivity index (χ3v) is 3.26. The standard InChI is InChI=1S/C10H16N6S/c1-3-7-4-8(16(2)14-7)5-9(12-11)10-6-17-15-13-10/h4,6,9,12H,3,5,11H2,1-2H3. The van der Waals surface area contributed by atoms with E-state index >= 15 is 0 Å². The molecule has 0 saturated heterocycles. The largest absolute Gasteiger partial charge is 0.272 e. The number of hydrogen-bond acceptors (Lipinski definition) is 6. The Hall–Kier alpha value is -1.31. The minimum Gasteiger partial charge on any atom is -0.272 e. The fraction of sp³-hybridized carbons (Fsp3) is 0.500. The van der Waals surface area contributed by atoms with Crippen LogP contribution in [-0.4, -0.2) is 19.4 Å². The number of nitrogens with one attached hydrogen (secondary N) is 1. The Bertz CT molecular complexity index is 463. The summed E-state index contributed by atoms with van der Waals surface area (Å²) in [7, 11) is 1.95. The molecule has 2 aromatic rings. The highest BCUT2D eigenvalue weighted by atomic mass is 32.1. The summed E-state index contributed by atoms with van der Waals surface area (Å²) in [6, 6.07) is 2.08. The summed E-state index contributed by atoms with van der Waals surface area (Å²) < 4.78 is 5.74. The van der Waals surface area contributed by atoms with Gasteiger partial charge in [0, 0.05) is 24.5 Å². The second-order valence-electron chi connectivity index (χ2n) is 3.86. The maximum absolute atomic E-state index is 5.56. The van der Waals surface area contributed by atoms with E-state index in [1.807, 2.05) is 17.1 Å². The molecule has 0 aromatic carbocycles. The van der Waals surface area contributed by atoms with Gasteiger partial charge in [-0.15, -0.1) is 5.10 Å². The third-order valence-electron chi connectivity index (χ3n) is 2.74. The molecule has 1 unspecified atom stereocenters. The van der Waals surface area contributed by atoms with Crippen molar-refractivity contribution in [3.63, 3.8) is 0 Å². The van der Waals surface area contributed by atoms with Crippen LogP contribution in [0, 0.1) is 0 Å². The van der Waals surface area contributed by atoms with Crippen LogP contribution < -0.4 is 11.3 Å². The molecule has 7 heteroatoms. The van der Waals surface area contributed by atoms with Gasteiger partial charge in [0.15, 0.2) is 0 Å². The van der Waals surface area contributed by atoms with E-state index in [9.17, 15) is 0 Å². The Morgan fingerprint density at radius 3 is 2.94 bits per heavy atom. The highest BCUT2D eigenvalue weighted by molar-refractivity contribution is 7.03. The van der Waals surface area contributed by atoms with Crippen LogP contribution in [0.25, 0.3) is 0 Å². The smallest absolute Gasteiger partial charge is 0.0942 e. The molecule has 0 bridgehead atoms. The molecular formula is C10H16N6S. The number of hydrazine groups is 1. The first-order chi connectivity index (χ1) is 8.24. The number of nitrogens with zero attached hydrogens (tertiary/aromatic N) is 4. The van der Waals surface area contributed by atoms with E-state index in [0.29, 0.717) is 0 Å². The van der Waals surface area contributed by atoms with Crippen LogP contribution in [0.3, 0.4) is 0 Å². The zero-order valence-corrected chi connectivity index (χ0v) is 10.7. The predicted molar refractivity (Wildman–Crippen MR) is 66.3 cm³/mol. The summed E-state index contributed by atoms with van der Waals surface area (Å²) in [5, 5.41) is 10.4. The van der Waals surface area contributed by atoms with E-state index in [4.69, 9.17) is 5.84 Å². The molecule has 0 radical (unpaired) electrons. The van der Waals surface area contributed by atoms with Gasteiger partial charge in [0.2, 0.25) is 0 Å². The minimum absolute atomic E-state index is 0.0196. The molecule has 2 rings (SSSR count). The molecule has 17 heavy (non-hydrogen) atoms. The molecule has 0 aliphatic carbocycles. The van der Waals surface area contributed by atoms with Gasteiger partial charge in [-0.3, -0.25) is 16.0 Å². The summed E-state index contributed by atoms with van der Waals surface area (Å²) in [6.45, 7) is 2.09. The van der Waals surface area contributed by atoms with Crippen molar-refractivity contribution in [2.45, 2.75) is 25.8 Å². The van der Waals surface area contributed by atoms with E-state index in [1.165, 1.54) is 11.5 Å². The van der Waals surface area contributed by atoms with Crippen molar-refractivity contribution in [1.82, 2.24) is 24.8 Å². The van der Waals surface area contributed by atoms with Crippen molar-refractivity contribution in [2.75, 3.05) is 0 Å². The molecule has 2 aromatic heterocycles. The molecule has 0 amide bonds. The first-order valence-electron chi connectivity index (χ1n) is 5.49. The topological polar surface area (TPSA) is 81.6 Å². The first-order valence-corrected chi connectivity index (χ1v) is 6.33. The van der Waals surface area contributed by atoms with E-state index in [1.54, 1.807) is 0 Å². The van der Waals surface area contributed by atoms with Gasteiger partial charge >= 0.3 is 0 Å². The highest BCUT2D eigenvalue weighted by Crippen LogP contribution is 2.17. The monoisotopic (exact) mass is 252 g/mol. The fourth-order valence-electron chi connectivity index (χ4n) is 1.72. The normalized spacial score (nSPS) is 12.9. The van der Waals surface area contributed by atoms with Crippen molar-refractivity contribution in [2.24, 2.45) is 12.9 Å². The van der Waals surface area contributed by atoms with Crippen molar-refractivity contribution in [3.8, 4) is 0 Å². The molecular weight excluding hydrogens is 236 g/mol. The lowest BCUT2D eigenvalue weighted by atomic mass is 10.1. The van der Waals surface area contributed by atoms with Crippen LogP contribution in [0.4, 0.5) is 0 Å². The molecule has 3 N–H and O–H groups in total. The van der Waals surface area contributed by atoms with E-state index in [0.717, 1.165) is 29.9 Å². The predicted octanol–water partition coefficient (Wildman–Crippen LogP) is 0.581. The lowest BCUT2D eigenvalue weighted by Crippen LogP contribution is -2.30. The number of aromatic nitrogens is 4. The summed E-state index contributed by atoms with van der Waals surface area (Å²) in [4.78, 5) is 0. The Labute approximate surface area is 104 Å². The SMILES string of the molecule is CCc1cc(CC(NN)c2csnn2)n(C)n1. The van der Waals surface area contributed by atoms with Crippen molar-refractivity contribution < 1.29 is 0 Å². The van der Waals surface area contributed by atoms with Gasteiger partial charge in [-0.05, 0) is 24.0 Å². The molecule has 0 fully saturated rings. The lowest BCUT2D eigenvalue weighted by molar-refractivity contribution is 0.517. The Kier molecular flexibility index (Phi) is 3.82. The average Bonchev–Trinajstić information content (AvgIpc) is 2.96. The number of rotatable bonds is 5. The summed E-state index contributed by atoms with van der Waals surface area (Å²) >= 11 is 1.33. The maximum atomic E-state index is 5.56. The quantitative estimate of drug-likeness (QED) is 0.601. The zero-order chi connectivity index (χ0) is 12.3. The first kappa shape index (κ1) is 12.2. The summed E-state index contributed by atoms with van der Waals surface area (Å²) in [6.07, 6.45) is 1.69. The van der Waals surface area contributed by atoms with Gasteiger partial charge < -0.3 is 0 Å².